The maximum atomic E-state index is 12.5. The van der Waals surface area contributed by atoms with Gasteiger partial charge in [0.05, 0.1) is 13.0 Å². The molecule has 2 heterocycles. The van der Waals surface area contributed by atoms with E-state index in [9.17, 15) is 4.79 Å². The Morgan fingerprint density at radius 1 is 1.38 bits per heavy atom. The van der Waals surface area contributed by atoms with Gasteiger partial charge in [0.1, 0.15) is 0 Å². The second kappa shape index (κ2) is 7.38. The molecule has 0 spiro atoms. The average Bonchev–Trinajstić information content (AvgIpc) is 2.53. The van der Waals surface area contributed by atoms with Gasteiger partial charge in [0, 0.05) is 45.0 Å². The fourth-order valence-corrected chi connectivity index (χ4v) is 2.49. The lowest BCUT2D eigenvalue weighted by Gasteiger charge is -2.34. The summed E-state index contributed by atoms with van der Waals surface area (Å²) in [5.74, 6) is 0.554. The van der Waals surface area contributed by atoms with Crippen molar-refractivity contribution in [3.63, 3.8) is 0 Å². The number of piperazine rings is 1. The maximum absolute atomic E-state index is 12.5. The van der Waals surface area contributed by atoms with Crippen molar-refractivity contribution < 1.29 is 9.53 Å². The SMILES string of the molecule is COc1ccc(CC(CN)C(=O)N2CCN(C)CC2)cn1. The Hall–Kier alpha value is -1.66. The van der Waals surface area contributed by atoms with Gasteiger partial charge in [-0.05, 0) is 19.0 Å². The summed E-state index contributed by atoms with van der Waals surface area (Å²) in [6, 6.07) is 3.75. The van der Waals surface area contributed by atoms with Gasteiger partial charge >= 0.3 is 0 Å². The van der Waals surface area contributed by atoms with Crippen molar-refractivity contribution in [2.45, 2.75) is 6.42 Å². The number of nitrogens with two attached hydrogens (primary N) is 1. The normalized spacial score (nSPS) is 17.6. The zero-order valence-corrected chi connectivity index (χ0v) is 12.8. The van der Waals surface area contributed by atoms with Gasteiger partial charge < -0.3 is 20.3 Å². The van der Waals surface area contributed by atoms with Crippen LogP contribution in [0, 0.1) is 5.92 Å². The Kier molecular flexibility index (Phi) is 5.52. The van der Waals surface area contributed by atoms with Crippen LogP contribution < -0.4 is 10.5 Å². The lowest BCUT2D eigenvalue weighted by molar-refractivity contribution is -0.136. The summed E-state index contributed by atoms with van der Waals surface area (Å²) in [5.41, 5.74) is 6.82. The summed E-state index contributed by atoms with van der Waals surface area (Å²) in [6.45, 7) is 3.77. The van der Waals surface area contributed by atoms with Gasteiger partial charge in [-0.2, -0.15) is 0 Å². The number of rotatable bonds is 5. The van der Waals surface area contributed by atoms with E-state index in [2.05, 4.69) is 16.9 Å². The molecule has 1 amide bonds. The quantitative estimate of drug-likeness (QED) is 0.826. The van der Waals surface area contributed by atoms with Crippen LogP contribution in [0.5, 0.6) is 5.88 Å². The van der Waals surface area contributed by atoms with E-state index < -0.39 is 0 Å². The molecule has 1 unspecified atom stereocenters. The Balaban J connectivity index is 1.96. The van der Waals surface area contributed by atoms with Crippen LogP contribution in [0.1, 0.15) is 5.56 Å². The Morgan fingerprint density at radius 3 is 2.62 bits per heavy atom. The summed E-state index contributed by atoms with van der Waals surface area (Å²) in [4.78, 5) is 20.9. The fourth-order valence-electron chi connectivity index (χ4n) is 2.49. The fraction of sp³-hybridized carbons (Fsp3) is 0.600. The van der Waals surface area contributed by atoms with Crippen LogP contribution >= 0.6 is 0 Å². The molecule has 1 saturated heterocycles. The number of amides is 1. The predicted octanol–water partition coefficient (Wildman–Crippen LogP) is -0.0184. The molecule has 2 N–H and O–H groups in total. The summed E-state index contributed by atoms with van der Waals surface area (Å²) in [5, 5.41) is 0. The molecule has 0 bridgehead atoms. The van der Waals surface area contributed by atoms with Crippen molar-refractivity contribution in [3.05, 3.63) is 23.9 Å². The first-order valence-electron chi connectivity index (χ1n) is 7.30. The molecule has 0 aliphatic carbocycles. The summed E-state index contributed by atoms with van der Waals surface area (Å²) in [7, 11) is 3.66. The van der Waals surface area contributed by atoms with Gasteiger partial charge in [0.2, 0.25) is 11.8 Å². The molecule has 1 atom stereocenters. The number of aromatic nitrogens is 1. The van der Waals surface area contributed by atoms with Crippen molar-refractivity contribution in [1.29, 1.82) is 0 Å². The van der Waals surface area contributed by atoms with Gasteiger partial charge in [0.25, 0.3) is 0 Å². The van der Waals surface area contributed by atoms with Gasteiger partial charge in [-0.3, -0.25) is 4.79 Å². The number of hydrogen-bond acceptors (Lipinski definition) is 5. The lowest BCUT2D eigenvalue weighted by atomic mass is 9.98. The van der Waals surface area contributed by atoms with E-state index in [1.54, 1.807) is 13.3 Å². The van der Waals surface area contributed by atoms with E-state index in [-0.39, 0.29) is 11.8 Å². The number of carbonyl (C=O) groups is 1. The first-order valence-corrected chi connectivity index (χ1v) is 7.30. The zero-order valence-electron chi connectivity index (χ0n) is 12.8. The third-order valence-electron chi connectivity index (χ3n) is 3.94. The predicted molar refractivity (Wildman–Crippen MR) is 81.1 cm³/mol. The summed E-state index contributed by atoms with van der Waals surface area (Å²) >= 11 is 0. The number of ether oxygens (including phenoxy) is 1. The van der Waals surface area contributed by atoms with Crippen LogP contribution in [0.2, 0.25) is 0 Å². The number of nitrogens with zero attached hydrogens (tertiary/aromatic N) is 3. The minimum Gasteiger partial charge on any atom is -0.481 e. The number of likely N-dealkylation sites (N-methyl/N-ethyl adjacent to an activating group) is 1. The minimum atomic E-state index is -0.177. The number of hydrogen-bond donors (Lipinski definition) is 1. The smallest absolute Gasteiger partial charge is 0.227 e. The summed E-state index contributed by atoms with van der Waals surface area (Å²) < 4.78 is 5.04. The third kappa shape index (κ3) is 4.15. The molecular weight excluding hydrogens is 268 g/mol. The van der Waals surface area contributed by atoms with E-state index in [1.165, 1.54) is 0 Å². The van der Waals surface area contributed by atoms with E-state index in [0.717, 1.165) is 31.7 Å². The van der Waals surface area contributed by atoms with Gasteiger partial charge in [-0.1, -0.05) is 6.07 Å². The minimum absolute atomic E-state index is 0.154. The standard InChI is InChI=1S/C15H24N4O2/c1-18-5-7-19(8-6-18)15(20)13(10-16)9-12-3-4-14(21-2)17-11-12/h3-4,11,13H,5-10,16H2,1-2H3. The van der Waals surface area contributed by atoms with Crippen molar-refractivity contribution in [2.24, 2.45) is 11.7 Å². The topological polar surface area (TPSA) is 71.7 Å². The number of pyridine rings is 1. The third-order valence-corrected chi connectivity index (χ3v) is 3.94. The van der Waals surface area contributed by atoms with Crippen molar-refractivity contribution in [3.8, 4) is 5.88 Å². The van der Waals surface area contributed by atoms with Gasteiger partial charge in [0.15, 0.2) is 0 Å². The van der Waals surface area contributed by atoms with Gasteiger partial charge in [-0.25, -0.2) is 4.98 Å². The van der Waals surface area contributed by atoms with E-state index in [4.69, 9.17) is 10.5 Å². The molecular formula is C15H24N4O2. The highest BCUT2D eigenvalue weighted by Crippen LogP contribution is 2.14. The largest absolute Gasteiger partial charge is 0.481 e. The number of carbonyl (C=O) groups excluding carboxylic acids is 1. The second-order valence-electron chi connectivity index (χ2n) is 5.47. The molecule has 1 aliphatic heterocycles. The molecule has 1 fully saturated rings. The highest BCUT2D eigenvalue weighted by atomic mass is 16.5. The van der Waals surface area contributed by atoms with Crippen LogP contribution in [-0.2, 0) is 11.2 Å². The molecule has 0 saturated carbocycles. The van der Waals surface area contributed by atoms with Crippen LogP contribution in [0.4, 0.5) is 0 Å². The Morgan fingerprint density at radius 2 is 2.10 bits per heavy atom. The van der Waals surface area contributed by atoms with E-state index in [0.29, 0.717) is 18.8 Å². The monoisotopic (exact) mass is 292 g/mol. The highest BCUT2D eigenvalue weighted by Gasteiger charge is 2.25. The van der Waals surface area contributed by atoms with Crippen molar-refractivity contribution in [1.82, 2.24) is 14.8 Å². The molecule has 0 radical (unpaired) electrons. The molecule has 1 aromatic rings. The molecule has 116 valence electrons. The van der Waals surface area contributed by atoms with Gasteiger partial charge in [-0.15, -0.1) is 0 Å². The molecule has 21 heavy (non-hydrogen) atoms. The first kappa shape index (κ1) is 15.7. The molecule has 0 aromatic carbocycles. The van der Waals surface area contributed by atoms with Crippen molar-refractivity contribution in [2.75, 3.05) is 46.9 Å². The highest BCUT2D eigenvalue weighted by molar-refractivity contribution is 5.79. The van der Waals surface area contributed by atoms with Crippen LogP contribution in [-0.4, -0.2) is 67.6 Å². The number of methoxy groups -OCH3 is 1. The summed E-state index contributed by atoms with van der Waals surface area (Å²) in [6.07, 6.45) is 2.37. The first-order chi connectivity index (χ1) is 10.1. The molecule has 6 heteroatoms. The van der Waals surface area contributed by atoms with E-state index >= 15 is 0 Å². The molecule has 1 aliphatic rings. The molecule has 1 aromatic heterocycles. The van der Waals surface area contributed by atoms with Crippen molar-refractivity contribution >= 4 is 5.91 Å². The Bertz CT molecular complexity index is 455. The van der Waals surface area contributed by atoms with Crippen LogP contribution in [0.3, 0.4) is 0 Å². The molecule has 2 rings (SSSR count). The molecule has 6 nitrogen and oxygen atoms in total. The van der Waals surface area contributed by atoms with Crippen LogP contribution in [0.25, 0.3) is 0 Å². The van der Waals surface area contributed by atoms with Crippen LogP contribution in [0.15, 0.2) is 18.3 Å². The Labute approximate surface area is 125 Å². The van der Waals surface area contributed by atoms with E-state index in [1.807, 2.05) is 17.0 Å². The average molecular weight is 292 g/mol. The second-order valence-corrected chi connectivity index (χ2v) is 5.47. The maximum Gasteiger partial charge on any atom is 0.227 e. The zero-order chi connectivity index (χ0) is 15.2. The lowest BCUT2D eigenvalue weighted by Crippen LogP contribution is -2.50.